The Kier molecular flexibility index (Phi) is 4.85. The highest BCUT2D eigenvalue weighted by molar-refractivity contribution is 5.99. The van der Waals surface area contributed by atoms with Gasteiger partial charge in [0.25, 0.3) is 5.92 Å². The summed E-state index contributed by atoms with van der Waals surface area (Å²) in [5, 5.41) is 7.48. The van der Waals surface area contributed by atoms with E-state index in [1.165, 1.54) is 0 Å². The van der Waals surface area contributed by atoms with E-state index in [-0.39, 0.29) is 24.9 Å². The number of alkyl halides is 2. The molecule has 1 aliphatic carbocycles. The van der Waals surface area contributed by atoms with Crippen molar-refractivity contribution in [2.75, 3.05) is 35.7 Å². The molecule has 3 aromatic rings. The quantitative estimate of drug-likeness (QED) is 0.614. The highest BCUT2D eigenvalue weighted by Gasteiger charge is 2.43. The predicted molar refractivity (Wildman–Crippen MR) is 118 cm³/mol. The first-order chi connectivity index (χ1) is 15.4. The van der Waals surface area contributed by atoms with E-state index in [9.17, 15) is 13.6 Å². The summed E-state index contributed by atoms with van der Waals surface area (Å²) in [7, 11) is 1.77. The average Bonchev–Trinajstić information content (AvgIpc) is 3.62. The number of hydrogen-bond acceptors (Lipinski definition) is 6. The maximum atomic E-state index is 13.1. The molecule has 4 heterocycles. The highest BCUT2D eigenvalue weighted by Crippen LogP contribution is 2.32. The van der Waals surface area contributed by atoms with Crippen LogP contribution < -0.4 is 15.5 Å². The third-order valence-corrected chi connectivity index (χ3v) is 5.49. The smallest absolute Gasteiger partial charge is 0.282 e. The number of hydrogen-bond donors (Lipinski definition) is 2. The van der Waals surface area contributed by atoms with Gasteiger partial charge < -0.3 is 15.5 Å². The van der Waals surface area contributed by atoms with E-state index in [2.05, 4.69) is 37.4 Å². The van der Waals surface area contributed by atoms with Crippen molar-refractivity contribution in [1.29, 1.82) is 0 Å². The monoisotopic (exact) mass is 434 g/mol. The fourth-order valence-corrected chi connectivity index (χ4v) is 3.55. The predicted octanol–water partition coefficient (Wildman–Crippen LogP) is 3.27. The number of anilines is 3. The van der Waals surface area contributed by atoms with Gasteiger partial charge in [-0.25, -0.2) is 23.7 Å². The minimum atomic E-state index is -2.63. The zero-order valence-corrected chi connectivity index (χ0v) is 17.3. The first-order valence-corrected chi connectivity index (χ1v) is 10.3. The number of carbonyl (C=O) groups is 1. The van der Waals surface area contributed by atoms with Gasteiger partial charge in [-0.15, -0.1) is 0 Å². The van der Waals surface area contributed by atoms with Crippen molar-refractivity contribution in [1.82, 2.24) is 15.0 Å². The number of nitrogens with zero attached hydrogens (tertiary/aromatic N) is 4. The van der Waals surface area contributed by atoms with Crippen molar-refractivity contribution in [3.05, 3.63) is 48.0 Å². The number of carbonyl (C=O) groups excluding carboxylic acids is 1. The summed E-state index contributed by atoms with van der Waals surface area (Å²) in [5.74, 6) is 4.65. The lowest BCUT2D eigenvalue weighted by molar-refractivity contribution is -0.117. The van der Waals surface area contributed by atoms with Crippen LogP contribution in [0.1, 0.15) is 24.1 Å². The van der Waals surface area contributed by atoms with Crippen LogP contribution in [-0.2, 0) is 4.79 Å². The summed E-state index contributed by atoms with van der Waals surface area (Å²) >= 11 is 0. The third kappa shape index (κ3) is 4.04. The van der Waals surface area contributed by atoms with Gasteiger partial charge in [0.2, 0.25) is 5.91 Å². The molecule has 0 atom stereocenters. The Balaban J connectivity index is 1.42. The van der Waals surface area contributed by atoms with Crippen LogP contribution >= 0.6 is 0 Å². The minimum absolute atomic E-state index is 0.0170. The van der Waals surface area contributed by atoms with Crippen LogP contribution in [0.3, 0.4) is 0 Å². The molecule has 1 aliphatic heterocycles. The van der Waals surface area contributed by atoms with Gasteiger partial charge in [-0.3, -0.25) is 4.79 Å². The standard InChI is InChI=1S/C23H20F2N6O/c1-26-21-19-11-28-20(30-22(32)14-2-3-14)8-18(19)15(9-29-21)4-5-16-6-7-17(10-27-16)31-12-23(24,25)13-31/h6-11,14H,2-3,12-13H2,1H3,(H,26,29)(H,28,30,32). The molecule has 2 aliphatic rings. The topological polar surface area (TPSA) is 83.0 Å². The number of pyridine rings is 3. The van der Waals surface area contributed by atoms with Crippen LogP contribution in [0.2, 0.25) is 0 Å². The number of halogens is 2. The summed E-state index contributed by atoms with van der Waals surface area (Å²) < 4.78 is 26.1. The molecule has 1 saturated carbocycles. The molecule has 32 heavy (non-hydrogen) atoms. The molecular formula is C23H20F2N6O. The Bertz CT molecular complexity index is 1250. The molecule has 0 bridgehead atoms. The van der Waals surface area contributed by atoms with Crippen molar-refractivity contribution < 1.29 is 13.6 Å². The second-order valence-corrected chi connectivity index (χ2v) is 8.01. The average molecular weight is 434 g/mol. The van der Waals surface area contributed by atoms with Gasteiger partial charge in [0, 0.05) is 36.1 Å². The van der Waals surface area contributed by atoms with Crippen molar-refractivity contribution in [3.63, 3.8) is 0 Å². The Morgan fingerprint density at radius 1 is 1.09 bits per heavy atom. The van der Waals surface area contributed by atoms with Crippen LogP contribution in [0.4, 0.5) is 26.1 Å². The molecule has 0 unspecified atom stereocenters. The molecule has 1 saturated heterocycles. The molecule has 9 heteroatoms. The van der Waals surface area contributed by atoms with Gasteiger partial charge in [0.15, 0.2) is 0 Å². The summed E-state index contributed by atoms with van der Waals surface area (Å²) in [6, 6.07) is 5.24. The molecule has 0 spiro atoms. The van der Waals surface area contributed by atoms with Crippen molar-refractivity contribution in [2.45, 2.75) is 18.8 Å². The first kappa shape index (κ1) is 20.1. The lowest BCUT2D eigenvalue weighted by Gasteiger charge is -2.40. The Labute approximate surface area is 183 Å². The van der Waals surface area contributed by atoms with Gasteiger partial charge >= 0.3 is 0 Å². The molecule has 0 radical (unpaired) electrons. The molecule has 2 N–H and O–H groups in total. The van der Waals surface area contributed by atoms with Crippen LogP contribution in [0.25, 0.3) is 10.8 Å². The van der Waals surface area contributed by atoms with Crippen molar-refractivity contribution >= 4 is 34.0 Å². The molecule has 5 rings (SSSR count). The maximum Gasteiger partial charge on any atom is 0.282 e. The molecule has 162 valence electrons. The van der Waals surface area contributed by atoms with Gasteiger partial charge in [-0.05, 0) is 37.0 Å². The van der Waals surface area contributed by atoms with Crippen molar-refractivity contribution in [2.24, 2.45) is 5.92 Å². The number of nitrogens with one attached hydrogen (secondary N) is 2. The SMILES string of the molecule is CNc1ncc(C#Cc2ccc(N3CC(F)(F)C3)cn2)c2cc(NC(=O)C3CC3)ncc12. The zero-order valence-electron chi connectivity index (χ0n) is 17.3. The van der Waals surface area contributed by atoms with E-state index in [1.807, 2.05) is 0 Å². The minimum Gasteiger partial charge on any atom is -0.373 e. The fourth-order valence-electron chi connectivity index (χ4n) is 3.55. The third-order valence-electron chi connectivity index (χ3n) is 5.49. The number of amides is 1. The van der Waals surface area contributed by atoms with Crippen LogP contribution in [0.15, 0.2) is 36.8 Å². The summed E-state index contributed by atoms with van der Waals surface area (Å²) in [6.45, 7) is -0.578. The van der Waals surface area contributed by atoms with Crippen LogP contribution in [0.5, 0.6) is 0 Å². The molecular weight excluding hydrogens is 414 g/mol. The van der Waals surface area contributed by atoms with E-state index in [1.54, 1.807) is 48.7 Å². The van der Waals surface area contributed by atoms with Gasteiger partial charge in [0.1, 0.15) is 17.3 Å². The van der Waals surface area contributed by atoms with Crippen LogP contribution in [0, 0.1) is 17.8 Å². The van der Waals surface area contributed by atoms with E-state index < -0.39 is 5.92 Å². The van der Waals surface area contributed by atoms with E-state index in [0.717, 1.165) is 23.6 Å². The molecule has 7 nitrogen and oxygen atoms in total. The number of fused-ring (bicyclic) bond motifs is 1. The summed E-state index contributed by atoms with van der Waals surface area (Å²) in [4.78, 5) is 26.7. The lowest BCUT2D eigenvalue weighted by Crippen LogP contribution is -2.56. The van der Waals surface area contributed by atoms with E-state index in [0.29, 0.717) is 28.6 Å². The normalized spacial score (nSPS) is 16.7. The largest absolute Gasteiger partial charge is 0.373 e. The molecule has 3 aromatic heterocycles. The van der Waals surface area contributed by atoms with Gasteiger partial charge in [0.05, 0.1) is 30.5 Å². The van der Waals surface area contributed by atoms with Crippen LogP contribution in [-0.4, -0.2) is 46.9 Å². The second kappa shape index (κ2) is 7.71. The lowest BCUT2D eigenvalue weighted by atomic mass is 10.1. The van der Waals surface area contributed by atoms with E-state index in [4.69, 9.17) is 0 Å². The number of rotatable bonds is 4. The molecule has 0 aromatic carbocycles. The number of aromatic nitrogens is 3. The van der Waals surface area contributed by atoms with Gasteiger partial charge in [-0.1, -0.05) is 5.92 Å². The van der Waals surface area contributed by atoms with Gasteiger partial charge in [-0.2, -0.15) is 0 Å². The summed E-state index contributed by atoms with van der Waals surface area (Å²) in [5.41, 5.74) is 1.83. The highest BCUT2D eigenvalue weighted by atomic mass is 19.3. The first-order valence-electron chi connectivity index (χ1n) is 10.3. The Morgan fingerprint density at radius 3 is 2.56 bits per heavy atom. The maximum absolute atomic E-state index is 13.1. The summed E-state index contributed by atoms with van der Waals surface area (Å²) in [6.07, 6.45) is 6.70. The Hall–Kier alpha value is -3.80. The van der Waals surface area contributed by atoms with E-state index >= 15 is 0 Å². The molecule has 1 amide bonds. The second-order valence-electron chi connectivity index (χ2n) is 8.01. The fraction of sp³-hybridized carbons (Fsp3) is 0.304. The van der Waals surface area contributed by atoms with Crippen molar-refractivity contribution in [3.8, 4) is 11.8 Å². The Morgan fingerprint density at radius 2 is 1.91 bits per heavy atom. The molecule has 2 fully saturated rings. The zero-order chi connectivity index (χ0) is 22.3.